The van der Waals surface area contributed by atoms with Crippen molar-refractivity contribution in [1.29, 1.82) is 0 Å². The van der Waals surface area contributed by atoms with E-state index >= 15 is 0 Å². The van der Waals surface area contributed by atoms with E-state index in [1.54, 1.807) is 20.8 Å². The fraction of sp³-hybridized carbons (Fsp3) is 0.600. The first-order chi connectivity index (χ1) is 8.62. The Hall–Kier alpha value is -1.26. The lowest BCUT2D eigenvalue weighted by atomic mass is 9.85. The summed E-state index contributed by atoms with van der Waals surface area (Å²) < 4.78 is 0. The van der Waals surface area contributed by atoms with Crippen molar-refractivity contribution in [3.05, 3.63) is 23.3 Å². The minimum absolute atomic E-state index is 0.113. The van der Waals surface area contributed by atoms with Crippen LogP contribution in [0.25, 0.3) is 0 Å². The molecule has 0 fully saturated rings. The quantitative estimate of drug-likeness (QED) is 0.740. The molecule has 2 atom stereocenters. The van der Waals surface area contributed by atoms with Gasteiger partial charge in [-0.1, -0.05) is 6.92 Å². The number of allylic oxidation sites excluding steroid dienone is 4. The van der Waals surface area contributed by atoms with Gasteiger partial charge in [-0.3, -0.25) is 9.59 Å². The van der Waals surface area contributed by atoms with Gasteiger partial charge in [0, 0.05) is 11.1 Å². The number of aliphatic hydroxyl groups is 2. The normalized spacial score (nSPS) is 19.9. The summed E-state index contributed by atoms with van der Waals surface area (Å²) in [5, 5.41) is 19.4. The van der Waals surface area contributed by atoms with Gasteiger partial charge in [0.15, 0.2) is 11.6 Å². The van der Waals surface area contributed by atoms with E-state index in [2.05, 4.69) is 0 Å². The zero-order valence-corrected chi connectivity index (χ0v) is 11.9. The molecule has 0 amide bonds. The van der Waals surface area contributed by atoms with Gasteiger partial charge in [0.1, 0.15) is 0 Å². The van der Waals surface area contributed by atoms with Crippen LogP contribution in [0.1, 0.15) is 40.5 Å². The van der Waals surface area contributed by atoms with Gasteiger partial charge in [0.2, 0.25) is 0 Å². The highest BCUT2D eigenvalue weighted by atomic mass is 16.3. The third kappa shape index (κ3) is 4.11. The molecular formula is C15H22O4. The predicted molar refractivity (Wildman–Crippen MR) is 72.6 cm³/mol. The molecule has 0 radical (unpaired) electrons. The van der Waals surface area contributed by atoms with Crippen molar-refractivity contribution >= 4 is 11.6 Å². The topological polar surface area (TPSA) is 74.6 Å². The Morgan fingerprint density at radius 3 is 2.26 bits per heavy atom. The molecule has 0 bridgehead atoms. The Balaban J connectivity index is 2.65. The second-order valence-electron chi connectivity index (χ2n) is 5.80. The summed E-state index contributed by atoms with van der Waals surface area (Å²) in [5.41, 5.74) is -0.215. The van der Waals surface area contributed by atoms with Gasteiger partial charge in [-0.25, -0.2) is 0 Å². The molecule has 1 aliphatic carbocycles. The van der Waals surface area contributed by atoms with E-state index in [1.807, 2.05) is 6.92 Å². The highest BCUT2D eigenvalue weighted by Crippen LogP contribution is 2.25. The molecule has 0 aliphatic heterocycles. The Kier molecular flexibility index (Phi) is 4.82. The highest BCUT2D eigenvalue weighted by molar-refractivity contribution is 6.19. The lowest BCUT2D eigenvalue weighted by Gasteiger charge is -2.26. The Morgan fingerprint density at radius 2 is 1.74 bits per heavy atom. The maximum atomic E-state index is 11.8. The Labute approximate surface area is 113 Å². The fourth-order valence-corrected chi connectivity index (χ4v) is 1.98. The highest BCUT2D eigenvalue weighted by Gasteiger charge is 2.27. The molecule has 1 aliphatic rings. The lowest BCUT2D eigenvalue weighted by Crippen LogP contribution is -2.36. The van der Waals surface area contributed by atoms with Crippen molar-refractivity contribution in [2.75, 3.05) is 0 Å². The average Bonchev–Trinajstić information content (AvgIpc) is 2.29. The van der Waals surface area contributed by atoms with Crippen LogP contribution in [0.2, 0.25) is 0 Å². The van der Waals surface area contributed by atoms with Crippen LogP contribution in [-0.2, 0) is 9.59 Å². The molecule has 19 heavy (non-hydrogen) atoms. The lowest BCUT2D eigenvalue weighted by molar-refractivity contribution is -0.115. The van der Waals surface area contributed by atoms with Crippen LogP contribution >= 0.6 is 0 Å². The van der Waals surface area contributed by atoms with Crippen LogP contribution in [0.3, 0.4) is 0 Å². The molecule has 0 aromatic rings. The molecule has 1 rings (SSSR count). The minimum atomic E-state index is -1.16. The first kappa shape index (κ1) is 15.8. The number of hydrogen-bond acceptors (Lipinski definition) is 4. The molecule has 0 heterocycles. The minimum Gasteiger partial charge on any atom is -0.390 e. The van der Waals surface area contributed by atoms with Crippen molar-refractivity contribution in [2.45, 2.75) is 52.2 Å². The zero-order chi connectivity index (χ0) is 14.8. The van der Waals surface area contributed by atoms with Crippen molar-refractivity contribution in [3.63, 3.8) is 0 Å². The third-order valence-electron chi connectivity index (χ3n) is 3.53. The molecule has 0 saturated heterocycles. The second kappa shape index (κ2) is 5.80. The van der Waals surface area contributed by atoms with Gasteiger partial charge >= 0.3 is 0 Å². The van der Waals surface area contributed by atoms with Crippen LogP contribution < -0.4 is 0 Å². The van der Waals surface area contributed by atoms with E-state index in [0.29, 0.717) is 24.0 Å². The van der Waals surface area contributed by atoms with Gasteiger partial charge in [-0.05, 0) is 51.7 Å². The third-order valence-corrected chi connectivity index (χ3v) is 3.53. The van der Waals surface area contributed by atoms with E-state index in [-0.39, 0.29) is 17.5 Å². The van der Waals surface area contributed by atoms with E-state index < -0.39 is 11.7 Å². The van der Waals surface area contributed by atoms with Crippen molar-refractivity contribution in [3.8, 4) is 0 Å². The van der Waals surface area contributed by atoms with Crippen LogP contribution in [0.15, 0.2) is 23.3 Å². The first-order valence-corrected chi connectivity index (χ1v) is 6.52. The van der Waals surface area contributed by atoms with E-state index in [1.165, 1.54) is 12.2 Å². The smallest absolute Gasteiger partial charge is 0.182 e. The second-order valence-corrected chi connectivity index (χ2v) is 5.80. The summed E-state index contributed by atoms with van der Waals surface area (Å²) in [6.07, 6.45) is 2.83. The van der Waals surface area contributed by atoms with Gasteiger partial charge < -0.3 is 10.2 Å². The number of carbonyl (C=O) groups is 2. The molecule has 0 aromatic heterocycles. The monoisotopic (exact) mass is 266 g/mol. The summed E-state index contributed by atoms with van der Waals surface area (Å²) in [5.74, 6) is -0.385. The van der Waals surface area contributed by atoms with Crippen molar-refractivity contribution < 1.29 is 19.8 Å². The number of aliphatic hydroxyl groups excluding tert-OH is 1. The number of rotatable bonds is 5. The van der Waals surface area contributed by atoms with E-state index in [4.69, 9.17) is 0 Å². The summed E-state index contributed by atoms with van der Waals surface area (Å²) in [6, 6.07) is 0. The molecule has 4 heteroatoms. The summed E-state index contributed by atoms with van der Waals surface area (Å²) in [4.78, 5) is 23.4. The van der Waals surface area contributed by atoms with Gasteiger partial charge in [0.25, 0.3) is 0 Å². The molecule has 0 spiro atoms. The Morgan fingerprint density at radius 1 is 1.16 bits per heavy atom. The summed E-state index contributed by atoms with van der Waals surface area (Å²) in [7, 11) is 0. The standard InChI is InChI=1S/C15H22O4/c1-9(5-6-14(18)15(3,4)19)11-8-12(16)10(2)7-13(11)17/h7-9,14,18-19H,5-6H2,1-4H3. The molecule has 4 nitrogen and oxygen atoms in total. The SMILES string of the molecule is CC1=CC(=O)C(C(C)CCC(O)C(C)(C)O)=CC1=O. The van der Waals surface area contributed by atoms with Crippen molar-refractivity contribution in [2.24, 2.45) is 5.92 Å². The van der Waals surface area contributed by atoms with Crippen molar-refractivity contribution in [1.82, 2.24) is 0 Å². The largest absolute Gasteiger partial charge is 0.390 e. The van der Waals surface area contributed by atoms with Gasteiger partial charge in [-0.2, -0.15) is 0 Å². The molecule has 2 unspecified atom stereocenters. The van der Waals surface area contributed by atoms with E-state index in [0.717, 1.165) is 0 Å². The van der Waals surface area contributed by atoms with Gasteiger partial charge in [-0.15, -0.1) is 0 Å². The fourth-order valence-electron chi connectivity index (χ4n) is 1.98. The molecule has 0 aromatic carbocycles. The van der Waals surface area contributed by atoms with E-state index in [9.17, 15) is 19.8 Å². The molecule has 106 valence electrons. The van der Waals surface area contributed by atoms with Crippen LogP contribution in [-0.4, -0.2) is 33.5 Å². The zero-order valence-electron chi connectivity index (χ0n) is 11.9. The van der Waals surface area contributed by atoms with Crippen LogP contribution in [0.5, 0.6) is 0 Å². The van der Waals surface area contributed by atoms with Crippen LogP contribution in [0.4, 0.5) is 0 Å². The Bertz CT molecular complexity index is 438. The maximum Gasteiger partial charge on any atom is 0.182 e. The first-order valence-electron chi connectivity index (χ1n) is 6.52. The molecule has 2 N–H and O–H groups in total. The molecular weight excluding hydrogens is 244 g/mol. The number of ketones is 2. The predicted octanol–water partition coefficient (Wildman–Crippen LogP) is 1.56. The molecule has 0 saturated carbocycles. The summed E-state index contributed by atoms with van der Waals surface area (Å²) in [6.45, 7) is 6.56. The average molecular weight is 266 g/mol. The van der Waals surface area contributed by atoms with Gasteiger partial charge in [0.05, 0.1) is 11.7 Å². The van der Waals surface area contributed by atoms with Crippen LogP contribution in [0, 0.1) is 5.92 Å². The number of hydrogen-bond donors (Lipinski definition) is 2. The summed E-state index contributed by atoms with van der Waals surface area (Å²) >= 11 is 0. The number of carbonyl (C=O) groups excluding carboxylic acids is 2. The maximum absolute atomic E-state index is 11.8.